The Labute approximate surface area is 137 Å². The van der Waals surface area contributed by atoms with E-state index in [0.29, 0.717) is 24.6 Å². The minimum atomic E-state index is 0.0397. The Kier molecular flexibility index (Phi) is 5.47. The number of hydrogen-bond donors (Lipinski definition) is 2. The summed E-state index contributed by atoms with van der Waals surface area (Å²) in [5.74, 6) is 1.61. The van der Waals surface area contributed by atoms with Crippen LogP contribution in [0.1, 0.15) is 30.4 Å². The molecule has 6 nitrogen and oxygen atoms in total. The fraction of sp³-hybridized carbons (Fsp3) is 0.529. The first kappa shape index (κ1) is 17.1. The summed E-state index contributed by atoms with van der Waals surface area (Å²) in [4.78, 5) is 17.5. The third-order valence-corrected chi connectivity index (χ3v) is 4.19. The van der Waals surface area contributed by atoms with Gasteiger partial charge in [0.1, 0.15) is 11.5 Å². The molecular weight excluding hydrogens is 294 g/mol. The lowest BCUT2D eigenvalue weighted by molar-refractivity contribution is -0.119. The number of benzene rings is 1. The molecule has 0 amide bonds. The summed E-state index contributed by atoms with van der Waals surface area (Å²) >= 11 is 0. The number of aromatic hydroxyl groups is 1. The molecule has 1 aromatic carbocycles. The van der Waals surface area contributed by atoms with Gasteiger partial charge in [-0.1, -0.05) is 0 Å². The first-order valence-corrected chi connectivity index (χ1v) is 7.85. The van der Waals surface area contributed by atoms with E-state index in [1.807, 2.05) is 13.0 Å². The number of phenols is 1. The molecule has 1 aliphatic heterocycles. The molecule has 1 aliphatic rings. The normalized spacial score (nSPS) is 17.3. The van der Waals surface area contributed by atoms with Crippen LogP contribution in [0.5, 0.6) is 11.5 Å². The number of aliphatic imine (C=N–C) groups is 1. The van der Waals surface area contributed by atoms with Gasteiger partial charge in [-0.05, 0) is 49.4 Å². The number of carbonyl (C=O) groups excluding carboxylic acids is 1. The SMILES string of the molecule is CN=C(N)N(C)CC(=O)CCC1CCc2cc(O)c(C)cc2O1. The number of ether oxygens (including phenoxy) is 1. The Balaban J connectivity index is 1.86. The summed E-state index contributed by atoms with van der Waals surface area (Å²) < 4.78 is 5.97. The number of aryl methyl sites for hydroxylation is 2. The fourth-order valence-corrected chi connectivity index (χ4v) is 2.69. The van der Waals surface area contributed by atoms with E-state index in [4.69, 9.17) is 10.5 Å². The largest absolute Gasteiger partial charge is 0.508 e. The third kappa shape index (κ3) is 4.37. The Hall–Kier alpha value is -2.24. The van der Waals surface area contributed by atoms with E-state index < -0.39 is 0 Å². The van der Waals surface area contributed by atoms with Gasteiger partial charge in [0.05, 0.1) is 12.6 Å². The van der Waals surface area contributed by atoms with E-state index in [-0.39, 0.29) is 18.4 Å². The van der Waals surface area contributed by atoms with Crippen molar-refractivity contribution < 1.29 is 14.6 Å². The molecule has 0 aromatic heterocycles. The maximum atomic E-state index is 12.0. The van der Waals surface area contributed by atoms with Crippen molar-refractivity contribution in [3.05, 3.63) is 23.3 Å². The highest BCUT2D eigenvalue weighted by molar-refractivity contribution is 5.86. The van der Waals surface area contributed by atoms with E-state index in [1.54, 1.807) is 25.1 Å². The van der Waals surface area contributed by atoms with Gasteiger partial charge in [0, 0.05) is 20.5 Å². The van der Waals surface area contributed by atoms with Crippen LogP contribution in [0.3, 0.4) is 0 Å². The number of hydrogen-bond acceptors (Lipinski definition) is 4. The van der Waals surface area contributed by atoms with Crippen molar-refractivity contribution in [3.8, 4) is 11.5 Å². The van der Waals surface area contributed by atoms with Crippen LogP contribution in [0.25, 0.3) is 0 Å². The predicted molar refractivity (Wildman–Crippen MR) is 90.0 cm³/mol. The monoisotopic (exact) mass is 319 g/mol. The fourth-order valence-electron chi connectivity index (χ4n) is 2.69. The number of rotatable bonds is 5. The lowest BCUT2D eigenvalue weighted by atomic mass is 9.97. The molecule has 126 valence electrons. The van der Waals surface area contributed by atoms with E-state index in [9.17, 15) is 9.90 Å². The minimum absolute atomic E-state index is 0.0397. The number of carbonyl (C=O) groups is 1. The lowest BCUT2D eigenvalue weighted by Gasteiger charge is -2.27. The molecule has 23 heavy (non-hydrogen) atoms. The number of Topliss-reactive ketones (excluding diaryl/α,β-unsaturated/α-hetero) is 1. The molecule has 0 saturated carbocycles. The van der Waals surface area contributed by atoms with Gasteiger partial charge in [-0.2, -0.15) is 0 Å². The Morgan fingerprint density at radius 2 is 2.26 bits per heavy atom. The average Bonchev–Trinajstić information content (AvgIpc) is 2.53. The van der Waals surface area contributed by atoms with Crippen molar-refractivity contribution in [1.82, 2.24) is 4.90 Å². The maximum absolute atomic E-state index is 12.0. The van der Waals surface area contributed by atoms with Crippen LogP contribution in [0.4, 0.5) is 0 Å². The summed E-state index contributed by atoms with van der Waals surface area (Å²) in [6, 6.07) is 3.64. The molecule has 3 N–H and O–H groups in total. The smallest absolute Gasteiger partial charge is 0.191 e. The first-order valence-electron chi connectivity index (χ1n) is 7.85. The molecule has 1 atom stereocenters. The average molecular weight is 319 g/mol. The molecule has 6 heteroatoms. The highest BCUT2D eigenvalue weighted by atomic mass is 16.5. The van der Waals surface area contributed by atoms with E-state index in [1.165, 1.54) is 0 Å². The van der Waals surface area contributed by atoms with Gasteiger partial charge in [-0.15, -0.1) is 0 Å². The zero-order chi connectivity index (χ0) is 17.0. The van der Waals surface area contributed by atoms with Crippen LogP contribution in [0.2, 0.25) is 0 Å². The predicted octanol–water partition coefficient (Wildman–Crippen LogP) is 1.62. The molecule has 0 fully saturated rings. The molecule has 0 saturated heterocycles. The molecule has 1 aromatic rings. The minimum Gasteiger partial charge on any atom is -0.508 e. The third-order valence-electron chi connectivity index (χ3n) is 4.19. The zero-order valence-electron chi connectivity index (χ0n) is 14.0. The summed E-state index contributed by atoms with van der Waals surface area (Å²) in [7, 11) is 3.35. The van der Waals surface area contributed by atoms with E-state index >= 15 is 0 Å². The number of phenolic OH excluding ortho intramolecular Hbond substituents is 1. The van der Waals surface area contributed by atoms with Crippen molar-refractivity contribution in [3.63, 3.8) is 0 Å². The van der Waals surface area contributed by atoms with Gasteiger partial charge < -0.3 is 20.5 Å². The van der Waals surface area contributed by atoms with Gasteiger partial charge in [0.2, 0.25) is 0 Å². The van der Waals surface area contributed by atoms with Gasteiger partial charge in [0.25, 0.3) is 0 Å². The van der Waals surface area contributed by atoms with Crippen LogP contribution < -0.4 is 10.5 Å². The summed E-state index contributed by atoms with van der Waals surface area (Å²) in [6.45, 7) is 2.11. The Morgan fingerprint density at radius 1 is 1.52 bits per heavy atom. The summed E-state index contributed by atoms with van der Waals surface area (Å²) in [5, 5.41) is 9.74. The van der Waals surface area contributed by atoms with Crippen molar-refractivity contribution in [2.45, 2.75) is 38.7 Å². The second kappa shape index (κ2) is 7.35. The van der Waals surface area contributed by atoms with E-state index in [0.717, 1.165) is 29.7 Å². The zero-order valence-corrected chi connectivity index (χ0v) is 14.0. The van der Waals surface area contributed by atoms with Crippen LogP contribution in [-0.4, -0.2) is 48.5 Å². The van der Waals surface area contributed by atoms with Gasteiger partial charge in [-0.25, -0.2) is 0 Å². The Bertz CT molecular complexity index is 613. The van der Waals surface area contributed by atoms with Crippen molar-refractivity contribution in [2.75, 3.05) is 20.6 Å². The second-order valence-corrected chi connectivity index (χ2v) is 6.04. The first-order chi connectivity index (χ1) is 10.9. The maximum Gasteiger partial charge on any atom is 0.191 e. The molecule has 0 bridgehead atoms. The molecule has 1 unspecified atom stereocenters. The lowest BCUT2D eigenvalue weighted by Crippen LogP contribution is -2.37. The van der Waals surface area contributed by atoms with Gasteiger partial charge >= 0.3 is 0 Å². The summed E-state index contributed by atoms with van der Waals surface area (Å²) in [6.07, 6.45) is 2.90. The van der Waals surface area contributed by atoms with Crippen molar-refractivity contribution >= 4 is 11.7 Å². The molecular formula is C17H25N3O3. The topological polar surface area (TPSA) is 88.2 Å². The van der Waals surface area contributed by atoms with E-state index in [2.05, 4.69) is 4.99 Å². The van der Waals surface area contributed by atoms with Gasteiger partial charge in [0.15, 0.2) is 11.7 Å². The highest BCUT2D eigenvalue weighted by Gasteiger charge is 2.22. The van der Waals surface area contributed by atoms with Crippen LogP contribution in [-0.2, 0) is 11.2 Å². The number of fused-ring (bicyclic) bond motifs is 1. The quantitative estimate of drug-likeness (QED) is 0.636. The number of guanidine groups is 1. The number of ketones is 1. The second-order valence-electron chi connectivity index (χ2n) is 6.04. The Morgan fingerprint density at radius 3 is 2.96 bits per heavy atom. The summed E-state index contributed by atoms with van der Waals surface area (Å²) in [5.41, 5.74) is 7.49. The molecule has 0 spiro atoms. The number of likely N-dealkylation sites (N-methyl/N-ethyl adjacent to an activating group) is 1. The van der Waals surface area contributed by atoms with Crippen molar-refractivity contribution in [2.24, 2.45) is 10.7 Å². The standard InChI is InChI=1S/C17H25N3O3/c1-11-8-16-12(9-15(11)22)4-6-14(23-16)7-5-13(21)10-20(3)17(18)19-2/h8-9,14,22H,4-7,10H2,1-3H3,(H2,18,19). The molecule has 0 aliphatic carbocycles. The van der Waals surface area contributed by atoms with Crippen LogP contribution >= 0.6 is 0 Å². The van der Waals surface area contributed by atoms with Crippen LogP contribution in [0.15, 0.2) is 17.1 Å². The van der Waals surface area contributed by atoms with Crippen LogP contribution in [0, 0.1) is 6.92 Å². The van der Waals surface area contributed by atoms with Crippen molar-refractivity contribution in [1.29, 1.82) is 0 Å². The molecule has 1 heterocycles. The molecule has 2 rings (SSSR count). The highest BCUT2D eigenvalue weighted by Crippen LogP contribution is 2.34. The van der Waals surface area contributed by atoms with Gasteiger partial charge in [-0.3, -0.25) is 9.79 Å². The number of nitrogens with two attached hydrogens (primary N) is 1. The number of nitrogens with zero attached hydrogens (tertiary/aromatic N) is 2. The molecule has 0 radical (unpaired) electrons.